The van der Waals surface area contributed by atoms with Crippen molar-refractivity contribution in [1.82, 2.24) is 15.3 Å². The summed E-state index contributed by atoms with van der Waals surface area (Å²) >= 11 is 0. The van der Waals surface area contributed by atoms with Crippen LogP contribution in [0.25, 0.3) is 22.0 Å². The maximum absolute atomic E-state index is 13.2. The molecule has 0 atom stereocenters. The molecule has 7 nitrogen and oxygen atoms in total. The number of amides is 1. The van der Waals surface area contributed by atoms with Crippen LogP contribution >= 0.6 is 0 Å². The highest BCUT2D eigenvalue weighted by atomic mass is 19.1. The smallest absolute Gasteiger partial charge is 0.408 e. The van der Waals surface area contributed by atoms with Crippen molar-refractivity contribution in [3.05, 3.63) is 48.5 Å². The molecule has 0 bridgehead atoms. The van der Waals surface area contributed by atoms with Crippen molar-refractivity contribution in [3.8, 4) is 11.1 Å². The van der Waals surface area contributed by atoms with Crippen LogP contribution < -0.4 is 10.6 Å². The molecule has 0 aliphatic carbocycles. The molecule has 0 aliphatic rings. The summed E-state index contributed by atoms with van der Waals surface area (Å²) in [6.45, 7) is 8.30. The fourth-order valence-electron chi connectivity index (χ4n) is 2.69. The average molecular weight is 429 g/mol. The third kappa shape index (κ3) is 7.73. The molecule has 0 radical (unpaired) electrons. The molecular formula is C23H29FN4O3. The molecule has 3 rings (SSSR count). The van der Waals surface area contributed by atoms with Gasteiger partial charge in [-0.1, -0.05) is 6.92 Å². The van der Waals surface area contributed by atoms with E-state index in [2.05, 4.69) is 27.5 Å². The van der Waals surface area contributed by atoms with E-state index in [0.29, 0.717) is 6.29 Å². The Bertz CT molecular complexity index is 994. The summed E-state index contributed by atoms with van der Waals surface area (Å²) in [6.07, 6.45) is 4.83. The first-order valence-electron chi connectivity index (χ1n) is 10.1. The number of nitrogens with zero attached hydrogens (tertiary/aromatic N) is 1. The molecular weight excluding hydrogens is 399 g/mol. The molecule has 3 aromatic rings. The number of aromatic amines is 1. The number of anilines is 1. The lowest BCUT2D eigenvalue weighted by Gasteiger charge is -2.18. The van der Waals surface area contributed by atoms with E-state index in [4.69, 9.17) is 4.74 Å². The fourth-order valence-corrected chi connectivity index (χ4v) is 2.69. The summed E-state index contributed by atoms with van der Waals surface area (Å²) in [4.78, 5) is 28.0. The van der Waals surface area contributed by atoms with Gasteiger partial charge in [0.1, 0.15) is 23.5 Å². The summed E-state index contributed by atoms with van der Waals surface area (Å²) in [5.41, 5.74) is 2.35. The zero-order chi connectivity index (χ0) is 22.9. The van der Waals surface area contributed by atoms with Crippen molar-refractivity contribution in [1.29, 1.82) is 0 Å². The molecule has 0 fully saturated rings. The minimum atomic E-state index is -0.565. The predicted octanol–water partition coefficient (Wildman–Crippen LogP) is 4.90. The largest absolute Gasteiger partial charge is 0.444 e. The molecule has 1 aromatic carbocycles. The molecule has 31 heavy (non-hydrogen) atoms. The van der Waals surface area contributed by atoms with Gasteiger partial charge >= 0.3 is 6.09 Å². The Hall–Kier alpha value is -3.42. The van der Waals surface area contributed by atoms with Crippen LogP contribution in [-0.4, -0.2) is 41.0 Å². The highest BCUT2D eigenvalue weighted by molar-refractivity contribution is 5.95. The molecule has 0 aliphatic heterocycles. The topological polar surface area (TPSA) is 96.1 Å². The highest BCUT2D eigenvalue weighted by Crippen LogP contribution is 2.28. The van der Waals surface area contributed by atoms with E-state index < -0.39 is 11.7 Å². The number of hydrogen-bond donors (Lipinski definition) is 3. The number of ether oxygens (including phenoxy) is 1. The second-order valence-electron chi connectivity index (χ2n) is 7.80. The third-order valence-electron chi connectivity index (χ3n) is 4.00. The minimum Gasteiger partial charge on any atom is -0.444 e. The van der Waals surface area contributed by atoms with Gasteiger partial charge in [-0.15, -0.1) is 0 Å². The number of carbonyl (C=O) groups is 2. The van der Waals surface area contributed by atoms with Crippen molar-refractivity contribution >= 4 is 29.1 Å². The van der Waals surface area contributed by atoms with Gasteiger partial charge in [0.25, 0.3) is 0 Å². The van der Waals surface area contributed by atoms with Gasteiger partial charge in [0.05, 0.1) is 6.54 Å². The molecule has 0 spiro atoms. The number of nitrogens with one attached hydrogen (secondary N) is 3. The van der Waals surface area contributed by atoms with E-state index in [0.717, 1.165) is 40.8 Å². The van der Waals surface area contributed by atoms with Crippen molar-refractivity contribution < 1.29 is 18.7 Å². The molecule has 166 valence electrons. The molecule has 0 saturated carbocycles. The normalized spacial score (nSPS) is 10.7. The maximum Gasteiger partial charge on any atom is 0.408 e. The Balaban J connectivity index is 0.000000267. The monoisotopic (exact) mass is 428 g/mol. The van der Waals surface area contributed by atoms with Crippen molar-refractivity contribution in [2.75, 3.05) is 18.4 Å². The van der Waals surface area contributed by atoms with Crippen LogP contribution in [0.1, 0.15) is 34.1 Å². The second-order valence-corrected chi connectivity index (χ2v) is 7.80. The average Bonchev–Trinajstić information content (AvgIpc) is 3.13. The summed E-state index contributed by atoms with van der Waals surface area (Å²) in [5.74, 6) is 0.643. The lowest BCUT2D eigenvalue weighted by atomic mass is 10.1. The first kappa shape index (κ1) is 23.9. The Labute approximate surface area is 181 Å². The van der Waals surface area contributed by atoms with Crippen LogP contribution in [-0.2, 0) is 9.53 Å². The van der Waals surface area contributed by atoms with Crippen LogP contribution in [0.15, 0.2) is 42.7 Å². The molecule has 0 unspecified atom stereocenters. The minimum absolute atomic E-state index is 0.00505. The predicted molar refractivity (Wildman–Crippen MR) is 121 cm³/mol. The first-order valence-corrected chi connectivity index (χ1v) is 10.1. The van der Waals surface area contributed by atoms with Gasteiger partial charge in [0.2, 0.25) is 0 Å². The standard InChI is InChI=1S/C16H16FN3.C7H13NO3/c1-2-7-18-16-6-3-11(9-20-16)14-10-19-15-8-12(17)4-5-13(14)15;1-7(2,3)11-6(10)8-4-5-9/h3-6,8-10,19H,2,7H2,1H3,(H,18,20);5H,4H2,1-3H3,(H,8,10). The number of H-pyrrole nitrogens is 1. The maximum atomic E-state index is 13.2. The van der Waals surface area contributed by atoms with Gasteiger partial charge in [0, 0.05) is 41.0 Å². The fraction of sp³-hybridized carbons (Fsp3) is 0.348. The van der Waals surface area contributed by atoms with E-state index in [1.165, 1.54) is 12.1 Å². The lowest BCUT2D eigenvalue weighted by molar-refractivity contribution is -0.107. The number of rotatable bonds is 6. The van der Waals surface area contributed by atoms with Crippen molar-refractivity contribution in [3.63, 3.8) is 0 Å². The molecule has 2 aromatic heterocycles. The van der Waals surface area contributed by atoms with Gasteiger partial charge in [0.15, 0.2) is 0 Å². The Kier molecular flexibility index (Phi) is 8.54. The van der Waals surface area contributed by atoms with E-state index >= 15 is 0 Å². The summed E-state index contributed by atoms with van der Waals surface area (Å²) in [6, 6.07) is 8.76. The molecule has 8 heteroatoms. The number of aldehydes is 1. The SMILES string of the molecule is CC(C)(C)OC(=O)NCC=O.CCCNc1ccc(-c2c[nH]c3cc(F)ccc23)cn1. The number of benzene rings is 1. The number of aromatic nitrogens is 2. The molecule has 2 heterocycles. The lowest BCUT2D eigenvalue weighted by Crippen LogP contribution is -2.33. The highest BCUT2D eigenvalue weighted by Gasteiger charge is 2.15. The van der Waals surface area contributed by atoms with Crippen LogP contribution in [0.5, 0.6) is 0 Å². The van der Waals surface area contributed by atoms with E-state index in [1.807, 2.05) is 24.5 Å². The van der Waals surface area contributed by atoms with Crippen LogP contribution in [0.2, 0.25) is 0 Å². The van der Waals surface area contributed by atoms with Crippen LogP contribution in [0, 0.1) is 5.82 Å². The third-order valence-corrected chi connectivity index (χ3v) is 4.00. The van der Waals surface area contributed by atoms with E-state index in [-0.39, 0.29) is 12.4 Å². The quantitative estimate of drug-likeness (QED) is 0.485. The van der Waals surface area contributed by atoms with Crippen LogP contribution in [0.3, 0.4) is 0 Å². The number of pyridine rings is 1. The van der Waals surface area contributed by atoms with Crippen molar-refractivity contribution in [2.24, 2.45) is 0 Å². The number of carbonyl (C=O) groups excluding carboxylic acids is 2. The van der Waals surface area contributed by atoms with Gasteiger partial charge in [-0.25, -0.2) is 14.2 Å². The Morgan fingerprint density at radius 3 is 2.65 bits per heavy atom. The number of fused-ring (bicyclic) bond motifs is 1. The van der Waals surface area contributed by atoms with Gasteiger partial charge in [-0.2, -0.15) is 0 Å². The number of halogens is 1. The van der Waals surface area contributed by atoms with Gasteiger partial charge in [-0.05, 0) is 57.5 Å². The second kappa shape index (κ2) is 11.1. The summed E-state index contributed by atoms with van der Waals surface area (Å²) < 4.78 is 18.0. The Morgan fingerprint density at radius 1 is 1.26 bits per heavy atom. The number of alkyl carbamates (subject to hydrolysis) is 1. The van der Waals surface area contributed by atoms with Gasteiger partial charge in [-0.3, -0.25) is 0 Å². The summed E-state index contributed by atoms with van der Waals surface area (Å²) in [7, 11) is 0. The molecule has 3 N–H and O–H groups in total. The first-order chi connectivity index (χ1) is 14.7. The van der Waals surface area contributed by atoms with E-state index in [9.17, 15) is 14.0 Å². The summed E-state index contributed by atoms with van der Waals surface area (Å²) in [5, 5.41) is 6.50. The van der Waals surface area contributed by atoms with Crippen molar-refractivity contribution in [2.45, 2.75) is 39.7 Å². The van der Waals surface area contributed by atoms with Crippen LogP contribution in [0.4, 0.5) is 15.0 Å². The van der Waals surface area contributed by atoms with E-state index in [1.54, 1.807) is 26.8 Å². The Morgan fingerprint density at radius 2 is 2.03 bits per heavy atom. The molecule has 0 saturated heterocycles. The molecule has 1 amide bonds. The number of hydrogen-bond acceptors (Lipinski definition) is 5. The van der Waals surface area contributed by atoms with Gasteiger partial charge < -0.3 is 25.1 Å². The zero-order valence-corrected chi connectivity index (χ0v) is 18.3. The zero-order valence-electron chi connectivity index (χ0n) is 18.3.